The van der Waals surface area contributed by atoms with Crippen LogP contribution in [0.2, 0.25) is 0 Å². The first-order valence-corrected chi connectivity index (χ1v) is 5.89. The minimum Gasteiger partial charge on any atom is -0.454 e. The molecular weight excluding hydrogens is 250 g/mol. The molecule has 19 heavy (non-hydrogen) atoms. The summed E-state index contributed by atoms with van der Waals surface area (Å²) in [4.78, 5) is 0. The predicted octanol–water partition coefficient (Wildman–Crippen LogP) is 4.12. The summed E-state index contributed by atoms with van der Waals surface area (Å²) in [6.07, 6.45) is -0.874. The van der Waals surface area contributed by atoms with Gasteiger partial charge in [0.2, 0.25) is 0 Å². The van der Waals surface area contributed by atoms with Crippen LogP contribution in [0.1, 0.15) is 24.2 Å². The van der Waals surface area contributed by atoms with Crippen LogP contribution < -0.4 is 4.74 Å². The summed E-state index contributed by atoms with van der Waals surface area (Å²) in [7, 11) is 0. The maximum atomic E-state index is 13.7. The number of benzene rings is 2. The monoisotopic (exact) mass is 264 g/mol. The minimum absolute atomic E-state index is 0.0826. The third-order valence-corrected chi connectivity index (χ3v) is 2.81. The fraction of sp³-hybridized carbons (Fsp3) is 0.200. The van der Waals surface area contributed by atoms with Crippen molar-refractivity contribution in [2.75, 3.05) is 0 Å². The van der Waals surface area contributed by atoms with Crippen LogP contribution in [0.5, 0.6) is 11.5 Å². The van der Waals surface area contributed by atoms with E-state index in [1.54, 1.807) is 25.1 Å². The molecule has 1 N–H and O–H groups in total. The second kappa shape index (κ2) is 5.36. The summed E-state index contributed by atoms with van der Waals surface area (Å²) < 4.78 is 32.5. The molecule has 1 unspecified atom stereocenters. The van der Waals surface area contributed by atoms with Crippen molar-refractivity contribution < 1.29 is 18.6 Å². The van der Waals surface area contributed by atoms with Gasteiger partial charge in [0.15, 0.2) is 11.6 Å². The van der Waals surface area contributed by atoms with E-state index in [0.29, 0.717) is 11.1 Å². The van der Waals surface area contributed by atoms with E-state index in [1.807, 2.05) is 0 Å². The molecule has 0 heterocycles. The Morgan fingerprint density at radius 3 is 2.47 bits per heavy atom. The van der Waals surface area contributed by atoms with Gasteiger partial charge in [-0.1, -0.05) is 18.2 Å². The summed E-state index contributed by atoms with van der Waals surface area (Å²) in [5.41, 5.74) is 0.803. The molecule has 1 atom stereocenters. The highest BCUT2D eigenvalue weighted by molar-refractivity contribution is 5.40. The van der Waals surface area contributed by atoms with Gasteiger partial charge >= 0.3 is 0 Å². The van der Waals surface area contributed by atoms with Gasteiger partial charge in [-0.3, -0.25) is 0 Å². The Morgan fingerprint density at radius 1 is 1.11 bits per heavy atom. The standard InChI is InChI=1S/C15H14F2O2/c1-9-6-7-11(8-14(9)17)19-15-12(10(2)18)4-3-5-13(15)16/h3-8,10,18H,1-2H3. The minimum atomic E-state index is -0.874. The number of aryl methyl sites for hydroxylation is 1. The topological polar surface area (TPSA) is 29.5 Å². The zero-order chi connectivity index (χ0) is 14.0. The summed E-state index contributed by atoms with van der Waals surface area (Å²) in [5, 5.41) is 9.58. The maximum absolute atomic E-state index is 13.7. The molecule has 0 saturated heterocycles. The lowest BCUT2D eigenvalue weighted by Gasteiger charge is -2.14. The Hall–Kier alpha value is -1.94. The quantitative estimate of drug-likeness (QED) is 0.903. The number of aliphatic hydroxyl groups excluding tert-OH is 1. The Labute approximate surface area is 110 Å². The van der Waals surface area contributed by atoms with Gasteiger partial charge in [0.05, 0.1) is 6.10 Å². The van der Waals surface area contributed by atoms with Crippen molar-refractivity contribution in [2.45, 2.75) is 20.0 Å². The largest absolute Gasteiger partial charge is 0.454 e. The van der Waals surface area contributed by atoms with Crippen LogP contribution in [0.25, 0.3) is 0 Å². The molecule has 0 aliphatic heterocycles. The molecule has 0 aromatic heterocycles. The van der Waals surface area contributed by atoms with Gasteiger partial charge in [-0.15, -0.1) is 0 Å². The molecule has 100 valence electrons. The first-order valence-electron chi connectivity index (χ1n) is 5.89. The fourth-order valence-electron chi connectivity index (χ4n) is 1.72. The van der Waals surface area contributed by atoms with Crippen molar-refractivity contribution in [2.24, 2.45) is 0 Å². The summed E-state index contributed by atoms with van der Waals surface area (Å²) in [6.45, 7) is 3.14. The van der Waals surface area contributed by atoms with E-state index < -0.39 is 17.7 Å². The highest BCUT2D eigenvalue weighted by atomic mass is 19.1. The van der Waals surface area contributed by atoms with Crippen molar-refractivity contribution in [3.8, 4) is 11.5 Å². The predicted molar refractivity (Wildman–Crippen MR) is 68.2 cm³/mol. The van der Waals surface area contributed by atoms with E-state index >= 15 is 0 Å². The molecule has 0 fully saturated rings. The van der Waals surface area contributed by atoms with Crippen LogP contribution >= 0.6 is 0 Å². The lowest BCUT2D eigenvalue weighted by molar-refractivity contribution is 0.194. The number of ether oxygens (including phenoxy) is 1. The average Bonchev–Trinajstić information content (AvgIpc) is 2.36. The molecule has 0 radical (unpaired) electrons. The SMILES string of the molecule is Cc1ccc(Oc2c(F)cccc2C(C)O)cc1F. The van der Waals surface area contributed by atoms with Crippen molar-refractivity contribution in [1.29, 1.82) is 0 Å². The van der Waals surface area contributed by atoms with E-state index in [1.165, 1.54) is 25.1 Å². The van der Waals surface area contributed by atoms with Crippen LogP contribution in [0.4, 0.5) is 8.78 Å². The Bertz CT molecular complexity index is 595. The van der Waals surface area contributed by atoms with Crippen LogP contribution in [-0.4, -0.2) is 5.11 Å². The smallest absolute Gasteiger partial charge is 0.168 e. The van der Waals surface area contributed by atoms with Gasteiger partial charge in [-0.05, 0) is 31.5 Å². The van der Waals surface area contributed by atoms with E-state index in [9.17, 15) is 13.9 Å². The number of halogens is 2. The highest BCUT2D eigenvalue weighted by Crippen LogP contribution is 2.32. The molecule has 0 bridgehead atoms. The summed E-state index contributed by atoms with van der Waals surface area (Å²) in [6, 6.07) is 8.57. The number of hydrogen-bond acceptors (Lipinski definition) is 2. The molecule has 0 spiro atoms. The first-order chi connectivity index (χ1) is 8.99. The molecule has 0 amide bonds. The molecule has 0 aliphatic rings. The maximum Gasteiger partial charge on any atom is 0.168 e. The second-order valence-electron chi connectivity index (χ2n) is 4.35. The van der Waals surface area contributed by atoms with Gasteiger partial charge in [0, 0.05) is 11.6 Å². The van der Waals surface area contributed by atoms with E-state index in [2.05, 4.69) is 0 Å². The summed E-state index contributed by atoms with van der Waals surface area (Å²) in [5.74, 6) is -0.914. The zero-order valence-corrected chi connectivity index (χ0v) is 10.7. The van der Waals surface area contributed by atoms with Crippen molar-refractivity contribution in [3.05, 3.63) is 59.2 Å². The normalized spacial score (nSPS) is 12.3. The van der Waals surface area contributed by atoms with Crippen molar-refractivity contribution in [3.63, 3.8) is 0 Å². The van der Waals surface area contributed by atoms with Gasteiger partial charge < -0.3 is 9.84 Å². The van der Waals surface area contributed by atoms with Gasteiger partial charge in [0.1, 0.15) is 11.6 Å². The van der Waals surface area contributed by atoms with E-state index in [4.69, 9.17) is 4.74 Å². The Morgan fingerprint density at radius 2 is 1.84 bits per heavy atom. The molecule has 2 aromatic carbocycles. The third-order valence-electron chi connectivity index (χ3n) is 2.81. The second-order valence-corrected chi connectivity index (χ2v) is 4.35. The highest BCUT2D eigenvalue weighted by Gasteiger charge is 2.15. The van der Waals surface area contributed by atoms with Crippen molar-refractivity contribution >= 4 is 0 Å². The number of aliphatic hydroxyl groups is 1. The third kappa shape index (κ3) is 2.90. The van der Waals surface area contributed by atoms with E-state index in [0.717, 1.165) is 0 Å². The number of hydrogen-bond donors (Lipinski definition) is 1. The fourth-order valence-corrected chi connectivity index (χ4v) is 1.72. The van der Waals surface area contributed by atoms with Crippen LogP contribution in [0.3, 0.4) is 0 Å². The van der Waals surface area contributed by atoms with Crippen molar-refractivity contribution in [1.82, 2.24) is 0 Å². The lowest BCUT2D eigenvalue weighted by atomic mass is 10.1. The number of para-hydroxylation sites is 1. The lowest BCUT2D eigenvalue weighted by Crippen LogP contribution is -1.99. The average molecular weight is 264 g/mol. The Balaban J connectivity index is 2.40. The molecule has 2 rings (SSSR count). The molecule has 2 aromatic rings. The van der Waals surface area contributed by atoms with Gasteiger partial charge in [0.25, 0.3) is 0 Å². The number of rotatable bonds is 3. The molecule has 4 heteroatoms. The van der Waals surface area contributed by atoms with Gasteiger partial charge in [-0.25, -0.2) is 8.78 Å². The Kier molecular flexibility index (Phi) is 3.81. The van der Waals surface area contributed by atoms with Crippen LogP contribution in [-0.2, 0) is 0 Å². The molecule has 0 saturated carbocycles. The molecular formula is C15H14F2O2. The zero-order valence-electron chi connectivity index (χ0n) is 10.7. The summed E-state index contributed by atoms with van der Waals surface area (Å²) >= 11 is 0. The van der Waals surface area contributed by atoms with Gasteiger partial charge in [-0.2, -0.15) is 0 Å². The van der Waals surface area contributed by atoms with Crippen LogP contribution in [0, 0.1) is 18.6 Å². The van der Waals surface area contributed by atoms with E-state index in [-0.39, 0.29) is 11.5 Å². The molecule has 2 nitrogen and oxygen atoms in total. The molecule has 0 aliphatic carbocycles. The first kappa shape index (κ1) is 13.5. The van der Waals surface area contributed by atoms with Crippen LogP contribution in [0.15, 0.2) is 36.4 Å².